The molecule has 25 heteroatoms. The smallest absolute Gasteiger partial charge is 0.441 e. The first-order valence-corrected chi connectivity index (χ1v) is 22.9. The highest BCUT2D eigenvalue weighted by Crippen LogP contribution is 2.51. The van der Waals surface area contributed by atoms with Gasteiger partial charge in [-0.15, -0.1) is 0 Å². The van der Waals surface area contributed by atoms with E-state index >= 15 is 0 Å². The molecule has 3 rings (SSSR count). The van der Waals surface area contributed by atoms with E-state index in [9.17, 15) is 58.3 Å². The predicted molar refractivity (Wildman–Crippen MR) is 227 cm³/mol. The number of phosphoric acid groups is 2. The van der Waals surface area contributed by atoms with Crippen molar-refractivity contribution in [3.8, 4) is 0 Å². The third-order valence-corrected chi connectivity index (χ3v) is 11.2. The molecule has 6 N–H and O–H groups in total. The normalized spacial score (nSPS) is 14.4. The van der Waals surface area contributed by atoms with Crippen LogP contribution in [0.1, 0.15) is 74.3 Å². The van der Waals surface area contributed by atoms with Gasteiger partial charge in [-0.2, -0.15) is 0 Å². The number of para-hydroxylation sites is 2. The van der Waals surface area contributed by atoms with Crippen molar-refractivity contribution < 1.29 is 70.8 Å². The molecule has 3 aromatic rings. The molecule has 0 aliphatic rings. The summed E-state index contributed by atoms with van der Waals surface area (Å²) in [5.41, 5.74) is -0.525. The molecule has 5 unspecified atom stereocenters. The van der Waals surface area contributed by atoms with Gasteiger partial charge in [0.05, 0.1) is 47.3 Å². The summed E-state index contributed by atoms with van der Waals surface area (Å²) in [6.45, 7) is -0.178. The van der Waals surface area contributed by atoms with Crippen molar-refractivity contribution >= 4 is 50.8 Å². The second kappa shape index (κ2) is 26.9. The van der Waals surface area contributed by atoms with Crippen molar-refractivity contribution in [1.82, 2.24) is 21.3 Å². The van der Waals surface area contributed by atoms with Crippen LogP contribution in [-0.4, -0.2) is 89.4 Å². The van der Waals surface area contributed by atoms with Crippen LogP contribution in [0.4, 0.5) is 16.2 Å². The highest BCUT2D eigenvalue weighted by Gasteiger charge is 2.33. The molecule has 0 radical (unpaired) electrons. The number of alkyl carbamates (subject to hydrolysis) is 1. The summed E-state index contributed by atoms with van der Waals surface area (Å²) >= 11 is 0. The molecule has 0 spiro atoms. The Morgan fingerprint density at radius 3 is 1.86 bits per heavy atom. The second-order valence-corrected chi connectivity index (χ2v) is 16.5. The molecule has 0 saturated carbocycles. The molecule has 5 atom stereocenters. The molecule has 0 aliphatic carbocycles. The number of amides is 4. The number of nitro groups is 2. The van der Waals surface area contributed by atoms with Gasteiger partial charge in [-0.1, -0.05) is 61.0 Å². The number of carbonyl (C=O) groups is 4. The van der Waals surface area contributed by atoms with Gasteiger partial charge in [-0.3, -0.25) is 52.7 Å². The summed E-state index contributed by atoms with van der Waals surface area (Å²) in [6, 6.07) is 17.9. The third kappa shape index (κ3) is 19.0. The van der Waals surface area contributed by atoms with E-state index < -0.39 is 93.2 Å². The van der Waals surface area contributed by atoms with Gasteiger partial charge in [-0.05, 0) is 37.5 Å². The molecular weight excluding hydrogens is 886 g/mol. The zero-order valence-corrected chi connectivity index (χ0v) is 36.8. The maximum absolute atomic E-state index is 13.5. The second-order valence-electron chi connectivity index (χ2n) is 13.7. The highest BCUT2D eigenvalue weighted by atomic mass is 31.2. The molecule has 0 aromatic heterocycles. The van der Waals surface area contributed by atoms with Crippen LogP contribution in [0.2, 0.25) is 0 Å². The van der Waals surface area contributed by atoms with Gasteiger partial charge < -0.3 is 35.8 Å². The Hall–Kier alpha value is -5.64. The lowest BCUT2D eigenvalue weighted by molar-refractivity contribution is -0.386. The lowest BCUT2D eigenvalue weighted by Gasteiger charge is -2.23. The molecular formula is C39H52N6O17P2. The molecule has 0 bridgehead atoms. The van der Waals surface area contributed by atoms with Crippen molar-refractivity contribution in [2.24, 2.45) is 0 Å². The fraction of sp³-hybridized carbons (Fsp3) is 0.436. The number of hydrogen-bond acceptors (Lipinski definition) is 15. The van der Waals surface area contributed by atoms with Crippen molar-refractivity contribution in [1.29, 1.82) is 0 Å². The molecule has 0 saturated heterocycles. The van der Waals surface area contributed by atoms with Gasteiger partial charge in [0.1, 0.15) is 18.2 Å². The zero-order chi connectivity index (χ0) is 47.1. The Morgan fingerprint density at radius 2 is 1.28 bits per heavy atom. The fourth-order valence-corrected chi connectivity index (χ4v) is 7.65. The van der Waals surface area contributed by atoms with Gasteiger partial charge in [0.2, 0.25) is 17.7 Å². The quantitative estimate of drug-likeness (QED) is 0.0225. The maximum atomic E-state index is 13.5. The van der Waals surface area contributed by atoms with E-state index in [4.69, 9.17) is 22.8 Å². The Balaban J connectivity index is 1.68. The predicted octanol–water partition coefficient (Wildman–Crippen LogP) is 5.23. The number of nitrogens with zero attached hydrogens (tertiary/aromatic N) is 2. The van der Waals surface area contributed by atoms with Crippen LogP contribution >= 0.6 is 15.6 Å². The lowest BCUT2D eigenvalue weighted by atomic mass is 10.0. The lowest BCUT2D eigenvalue weighted by Crippen LogP contribution is -2.48. The summed E-state index contributed by atoms with van der Waals surface area (Å²) < 4.78 is 51.1. The van der Waals surface area contributed by atoms with Crippen LogP contribution in [0.3, 0.4) is 0 Å². The highest BCUT2D eigenvalue weighted by molar-refractivity contribution is 7.47. The SMILES string of the molecule is CCOP(=O)(O)OC(CCOP(=O)(O)OCCC(OC(=O)NC(Cc1ccccc1)C(=O)NCCCCCC(=O)NCC(=O)NC)c1ccccc1[N+](=O)[O-])c1ccccc1[N+](=O)[O-]. The van der Waals surface area contributed by atoms with Crippen molar-refractivity contribution in [3.63, 3.8) is 0 Å². The average Bonchev–Trinajstić information content (AvgIpc) is 3.25. The molecule has 23 nitrogen and oxygen atoms in total. The van der Waals surface area contributed by atoms with Gasteiger partial charge in [0.25, 0.3) is 11.4 Å². The van der Waals surface area contributed by atoms with Crippen LogP contribution in [0.15, 0.2) is 78.9 Å². The number of phosphoric ester groups is 2. The van der Waals surface area contributed by atoms with Crippen molar-refractivity contribution in [3.05, 3.63) is 116 Å². The largest absolute Gasteiger partial charge is 0.472 e. The van der Waals surface area contributed by atoms with E-state index in [-0.39, 0.29) is 55.5 Å². The number of nitrogens with one attached hydrogen (secondary N) is 4. The molecule has 3 aromatic carbocycles. The van der Waals surface area contributed by atoms with Crippen LogP contribution < -0.4 is 21.3 Å². The van der Waals surface area contributed by atoms with Gasteiger partial charge in [0.15, 0.2) is 0 Å². The number of ether oxygens (including phenoxy) is 1. The van der Waals surface area contributed by atoms with E-state index in [2.05, 4.69) is 21.3 Å². The van der Waals surface area contributed by atoms with Gasteiger partial charge in [0, 0.05) is 51.4 Å². The number of hydrogen-bond donors (Lipinski definition) is 6. The number of unbranched alkanes of at least 4 members (excludes halogenated alkanes) is 2. The van der Waals surface area contributed by atoms with E-state index in [0.29, 0.717) is 24.8 Å². The first kappa shape index (κ1) is 52.7. The number of nitro benzene ring substituents is 2. The summed E-state index contributed by atoms with van der Waals surface area (Å²) in [6.07, 6.45) is -3.38. The first-order valence-electron chi connectivity index (χ1n) is 20.0. The number of rotatable bonds is 29. The molecule has 0 fully saturated rings. The number of carbonyl (C=O) groups excluding carboxylic acids is 4. The molecule has 350 valence electrons. The minimum atomic E-state index is -4.98. The Labute approximate surface area is 368 Å². The molecule has 0 heterocycles. The Kier molecular flexibility index (Phi) is 22.1. The topological polar surface area (TPSA) is 323 Å². The van der Waals surface area contributed by atoms with Gasteiger partial charge in [-0.25, -0.2) is 13.9 Å². The Morgan fingerprint density at radius 1 is 0.719 bits per heavy atom. The molecule has 0 aliphatic heterocycles. The third-order valence-electron chi connectivity index (χ3n) is 9.03. The van der Waals surface area contributed by atoms with Crippen LogP contribution in [0.25, 0.3) is 0 Å². The zero-order valence-electron chi connectivity index (χ0n) is 35.0. The van der Waals surface area contributed by atoms with Crippen LogP contribution in [0, 0.1) is 20.2 Å². The first-order chi connectivity index (χ1) is 30.4. The summed E-state index contributed by atoms with van der Waals surface area (Å²) in [7, 11) is -8.28. The van der Waals surface area contributed by atoms with Crippen molar-refractivity contribution in [2.75, 3.05) is 40.0 Å². The fourth-order valence-electron chi connectivity index (χ4n) is 5.98. The van der Waals surface area contributed by atoms with Crippen molar-refractivity contribution in [2.45, 2.75) is 70.1 Å². The average molecular weight is 939 g/mol. The van der Waals surface area contributed by atoms with E-state index in [1.165, 1.54) is 50.4 Å². The van der Waals surface area contributed by atoms with Crippen LogP contribution in [-0.2, 0) is 52.8 Å². The molecule has 64 heavy (non-hydrogen) atoms. The standard InChI is InChI=1S/C39H52N6O17P2/c1-3-58-64(56,57)62-35(30-17-10-12-19-33(30)45(52)53)22-25-60-63(54,55)59-24-21-34(29-16-9-11-18-32(29)44(50)51)61-39(49)43-31(26-28-14-6-4-7-15-28)38(48)41-23-13-5-8-20-36(46)42-27-37(47)40-2/h4,6-7,9-12,14-19,31,34-35H,3,5,8,13,20-27H2,1-2H3,(H,40,47)(H,41,48)(H,42,46)(H,43,49)(H,54,55)(H,56,57). The van der Waals surface area contributed by atoms with E-state index in [0.717, 1.165) is 12.1 Å². The Bertz CT molecular complexity index is 2130. The minimum Gasteiger partial charge on any atom is -0.441 e. The van der Waals surface area contributed by atoms with Gasteiger partial charge >= 0.3 is 21.7 Å². The monoisotopic (exact) mass is 938 g/mol. The molecule has 4 amide bonds. The van der Waals surface area contributed by atoms with Crippen LogP contribution in [0.5, 0.6) is 0 Å². The number of benzene rings is 3. The maximum Gasteiger partial charge on any atom is 0.472 e. The summed E-state index contributed by atoms with van der Waals surface area (Å²) in [5.74, 6) is -1.21. The van der Waals surface area contributed by atoms with E-state index in [1.807, 2.05) is 0 Å². The van der Waals surface area contributed by atoms with E-state index in [1.54, 1.807) is 30.3 Å². The minimum absolute atomic E-state index is 0.0164. The summed E-state index contributed by atoms with van der Waals surface area (Å²) in [4.78, 5) is 92.9. The number of likely N-dealkylation sites (N-methyl/N-ethyl adjacent to an activating group) is 1. The summed E-state index contributed by atoms with van der Waals surface area (Å²) in [5, 5.41) is 33.8.